The topological polar surface area (TPSA) is 33.5 Å². The second-order valence-corrected chi connectivity index (χ2v) is 4.58. The number of likely N-dealkylation sites (tertiary alicyclic amines) is 1. The molecule has 0 N–H and O–H groups in total. The van der Waals surface area contributed by atoms with Crippen LogP contribution in [-0.2, 0) is 0 Å². The Morgan fingerprint density at radius 1 is 1.53 bits per heavy atom. The minimum Gasteiger partial charge on any atom is -0.440 e. The van der Waals surface area contributed by atoms with Crippen LogP contribution in [0.2, 0.25) is 5.22 Å². The summed E-state index contributed by atoms with van der Waals surface area (Å²) < 4.78 is 5.06. The van der Waals surface area contributed by atoms with Crippen molar-refractivity contribution in [2.45, 2.75) is 18.2 Å². The second kappa shape index (κ2) is 4.45. The lowest BCUT2D eigenvalue weighted by Crippen LogP contribution is -2.40. The van der Waals surface area contributed by atoms with E-state index in [0.29, 0.717) is 6.54 Å². The number of halogens is 2. The molecule has 1 unspecified atom stereocenters. The van der Waals surface area contributed by atoms with E-state index in [-0.39, 0.29) is 22.3 Å². The summed E-state index contributed by atoms with van der Waals surface area (Å²) in [6.07, 6.45) is 1.90. The zero-order valence-corrected chi connectivity index (χ0v) is 9.59. The highest BCUT2D eigenvalue weighted by Crippen LogP contribution is 2.19. The summed E-state index contributed by atoms with van der Waals surface area (Å²) in [6.45, 7) is 1.32. The van der Waals surface area contributed by atoms with Crippen molar-refractivity contribution >= 4 is 29.1 Å². The number of furan rings is 1. The van der Waals surface area contributed by atoms with Crippen LogP contribution in [0.15, 0.2) is 16.5 Å². The third-order valence-corrected chi connectivity index (χ3v) is 2.99. The molecule has 0 bridgehead atoms. The molecule has 2 rings (SSSR count). The summed E-state index contributed by atoms with van der Waals surface area (Å²) in [5.74, 6) is 0.151. The minimum atomic E-state index is -0.132. The van der Waals surface area contributed by atoms with Gasteiger partial charge in [0.05, 0.1) is 5.38 Å². The quantitative estimate of drug-likeness (QED) is 0.716. The van der Waals surface area contributed by atoms with Crippen molar-refractivity contribution in [3.05, 3.63) is 23.1 Å². The Labute approximate surface area is 97.9 Å². The molecular formula is C10H11Cl2NO2. The van der Waals surface area contributed by atoms with E-state index < -0.39 is 0 Å². The van der Waals surface area contributed by atoms with E-state index in [0.717, 1.165) is 19.4 Å². The molecule has 0 radical (unpaired) electrons. The third kappa shape index (κ3) is 2.47. The number of carbonyl (C=O) groups excluding carboxylic acids is 1. The fraction of sp³-hybridized carbons (Fsp3) is 0.500. The van der Waals surface area contributed by atoms with Crippen molar-refractivity contribution < 1.29 is 9.21 Å². The van der Waals surface area contributed by atoms with Gasteiger partial charge in [0.25, 0.3) is 5.91 Å². The second-order valence-electron chi connectivity index (χ2n) is 3.59. The molecular weight excluding hydrogens is 237 g/mol. The molecule has 1 saturated heterocycles. The minimum absolute atomic E-state index is 0.0492. The highest BCUT2D eigenvalue weighted by atomic mass is 35.5. The van der Waals surface area contributed by atoms with Crippen LogP contribution in [0.4, 0.5) is 0 Å². The van der Waals surface area contributed by atoms with E-state index in [1.54, 1.807) is 17.0 Å². The fourth-order valence-corrected chi connectivity index (χ4v) is 2.16. The predicted octanol–water partition coefficient (Wildman–Crippen LogP) is 2.78. The number of hydrogen-bond donors (Lipinski definition) is 0. The monoisotopic (exact) mass is 247 g/mol. The molecule has 15 heavy (non-hydrogen) atoms. The number of carbonyl (C=O) groups is 1. The SMILES string of the molecule is O=C(c1ccc(Cl)o1)N1CCCC(Cl)C1. The van der Waals surface area contributed by atoms with Crippen molar-refractivity contribution in [1.29, 1.82) is 0 Å². The van der Waals surface area contributed by atoms with Crippen molar-refractivity contribution in [3.8, 4) is 0 Å². The molecule has 0 spiro atoms. The number of rotatable bonds is 1. The molecule has 1 fully saturated rings. The van der Waals surface area contributed by atoms with Crippen LogP contribution in [0.25, 0.3) is 0 Å². The van der Waals surface area contributed by atoms with Gasteiger partial charge in [-0.25, -0.2) is 0 Å². The molecule has 1 aromatic heterocycles. The fourth-order valence-electron chi connectivity index (χ4n) is 1.69. The molecule has 3 nitrogen and oxygen atoms in total. The van der Waals surface area contributed by atoms with Gasteiger partial charge in [0.15, 0.2) is 11.0 Å². The zero-order valence-electron chi connectivity index (χ0n) is 8.08. The lowest BCUT2D eigenvalue weighted by atomic mass is 10.1. The smallest absolute Gasteiger partial charge is 0.289 e. The first-order valence-electron chi connectivity index (χ1n) is 4.85. The average molecular weight is 248 g/mol. The number of alkyl halides is 1. The third-order valence-electron chi connectivity index (χ3n) is 2.44. The highest BCUT2D eigenvalue weighted by Gasteiger charge is 2.24. The highest BCUT2D eigenvalue weighted by molar-refractivity contribution is 6.29. The van der Waals surface area contributed by atoms with Crippen molar-refractivity contribution in [3.63, 3.8) is 0 Å². The van der Waals surface area contributed by atoms with Gasteiger partial charge >= 0.3 is 0 Å². The molecule has 0 aromatic carbocycles. The van der Waals surface area contributed by atoms with Gasteiger partial charge in [-0.15, -0.1) is 11.6 Å². The van der Waals surface area contributed by atoms with Crippen molar-refractivity contribution in [1.82, 2.24) is 4.90 Å². The lowest BCUT2D eigenvalue weighted by molar-refractivity contribution is 0.0695. The normalized spacial score (nSPS) is 21.7. The van der Waals surface area contributed by atoms with Crippen LogP contribution in [-0.4, -0.2) is 29.3 Å². The van der Waals surface area contributed by atoms with Crippen LogP contribution in [0, 0.1) is 0 Å². The van der Waals surface area contributed by atoms with Crippen LogP contribution < -0.4 is 0 Å². The molecule has 0 aliphatic carbocycles. The Bertz CT molecular complexity index is 364. The lowest BCUT2D eigenvalue weighted by Gasteiger charge is -2.28. The van der Waals surface area contributed by atoms with Gasteiger partial charge in [-0.05, 0) is 36.6 Å². The molecule has 1 aliphatic rings. The number of hydrogen-bond acceptors (Lipinski definition) is 2. The number of amides is 1. The summed E-state index contributed by atoms with van der Waals surface area (Å²) in [7, 11) is 0. The van der Waals surface area contributed by atoms with Crippen molar-refractivity contribution in [2.75, 3.05) is 13.1 Å². The molecule has 1 aliphatic heterocycles. The van der Waals surface area contributed by atoms with E-state index in [1.807, 2.05) is 0 Å². The number of piperidine rings is 1. The Balaban J connectivity index is 2.07. The Morgan fingerprint density at radius 2 is 2.33 bits per heavy atom. The van der Waals surface area contributed by atoms with Gasteiger partial charge in [-0.2, -0.15) is 0 Å². The molecule has 82 valence electrons. The number of nitrogens with zero attached hydrogens (tertiary/aromatic N) is 1. The van der Waals surface area contributed by atoms with E-state index in [9.17, 15) is 4.79 Å². The zero-order chi connectivity index (χ0) is 10.8. The Morgan fingerprint density at radius 3 is 2.93 bits per heavy atom. The molecule has 2 heterocycles. The van der Waals surface area contributed by atoms with Gasteiger partial charge in [0.2, 0.25) is 0 Å². The summed E-state index contributed by atoms with van der Waals surface area (Å²) in [6, 6.07) is 3.15. The van der Waals surface area contributed by atoms with E-state index >= 15 is 0 Å². The largest absolute Gasteiger partial charge is 0.440 e. The predicted molar refractivity (Wildman–Crippen MR) is 58.5 cm³/mol. The van der Waals surface area contributed by atoms with Gasteiger partial charge in [0, 0.05) is 13.1 Å². The standard InChI is InChI=1S/C10H11Cl2NO2/c11-7-2-1-5-13(6-7)10(14)8-3-4-9(12)15-8/h3-4,7H,1-2,5-6H2. The van der Waals surface area contributed by atoms with Gasteiger partial charge in [0.1, 0.15) is 0 Å². The maximum Gasteiger partial charge on any atom is 0.289 e. The summed E-state index contributed by atoms with van der Waals surface area (Å²) in [5.41, 5.74) is 0. The molecule has 1 amide bonds. The van der Waals surface area contributed by atoms with E-state index in [1.165, 1.54) is 0 Å². The van der Waals surface area contributed by atoms with Gasteiger partial charge < -0.3 is 9.32 Å². The maximum absolute atomic E-state index is 11.9. The summed E-state index contributed by atoms with van der Waals surface area (Å²) in [4.78, 5) is 13.6. The van der Waals surface area contributed by atoms with E-state index in [4.69, 9.17) is 27.6 Å². The maximum atomic E-state index is 11.9. The summed E-state index contributed by atoms with van der Waals surface area (Å²) in [5, 5.41) is 0.283. The van der Waals surface area contributed by atoms with Gasteiger partial charge in [-0.1, -0.05) is 0 Å². The molecule has 5 heteroatoms. The van der Waals surface area contributed by atoms with Crippen LogP contribution in [0.3, 0.4) is 0 Å². The van der Waals surface area contributed by atoms with Gasteiger partial charge in [-0.3, -0.25) is 4.79 Å². The average Bonchev–Trinajstić information content (AvgIpc) is 2.64. The molecule has 1 aromatic rings. The van der Waals surface area contributed by atoms with Crippen molar-refractivity contribution in [2.24, 2.45) is 0 Å². The first kappa shape index (κ1) is 10.8. The summed E-state index contributed by atoms with van der Waals surface area (Å²) >= 11 is 11.6. The first-order valence-corrected chi connectivity index (χ1v) is 5.67. The van der Waals surface area contributed by atoms with Crippen LogP contribution >= 0.6 is 23.2 Å². The van der Waals surface area contributed by atoms with Crippen LogP contribution in [0.5, 0.6) is 0 Å². The molecule has 1 atom stereocenters. The van der Waals surface area contributed by atoms with Crippen LogP contribution in [0.1, 0.15) is 23.4 Å². The first-order chi connectivity index (χ1) is 7.16. The van der Waals surface area contributed by atoms with E-state index in [2.05, 4.69) is 0 Å². The Hall–Kier alpha value is -0.670. The molecule has 0 saturated carbocycles. The Kier molecular flexibility index (Phi) is 3.22.